The van der Waals surface area contributed by atoms with Crippen molar-refractivity contribution in [1.82, 2.24) is 15.6 Å². The summed E-state index contributed by atoms with van der Waals surface area (Å²) in [7, 11) is 3.13. The van der Waals surface area contributed by atoms with Crippen molar-refractivity contribution < 1.29 is 19.1 Å². The van der Waals surface area contributed by atoms with Gasteiger partial charge in [0.05, 0.1) is 14.2 Å². The largest absolute Gasteiger partial charge is 0.493 e. The van der Waals surface area contributed by atoms with Gasteiger partial charge in [0.2, 0.25) is 0 Å². The van der Waals surface area contributed by atoms with Gasteiger partial charge >= 0.3 is 6.03 Å². The normalized spacial score (nSPS) is 13.5. The van der Waals surface area contributed by atoms with E-state index in [0.29, 0.717) is 42.0 Å². The van der Waals surface area contributed by atoms with Crippen molar-refractivity contribution in [2.45, 2.75) is 6.54 Å². The number of rotatable bonds is 6. The molecule has 0 radical (unpaired) electrons. The predicted octanol–water partition coefficient (Wildman–Crippen LogP) is 1.62. The molecule has 3 amide bonds. The van der Waals surface area contributed by atoms with Gasteiger partial charge in [-0.25, -0.2) is 9.78 Å². The first-order valence-corrected chi connectivity index (χ1v) is 8.50. The molecule has 1 aromatic carbocycles. The second kappa shape index (κ2) is 7.39. The van der Waals surface area contributed by atoms with Crippen LogP contribution in [0.25, 0.3) is 0 Å². The molecule has 0 saturated carbocycles. The third-order valence-corrected chi connectivity index (χ3v) is 4.58. The number of nitrogens with zero attached hydrogens (tertiary/aromatic N) is 2. The Balaban J connectivity index is 1.63. The first-order chi connectivity index (χ1) is 12.1. The Morgan fingerprint density at radius 3 is 2.84 bits per heavy atom. The average molecular weight is 362 g/mol. The van der Waals surface area contributed by atoms with E-state index in [1.807, 2.05) is 6.07 Å². The Labute approximate surface area is 148 Å². The Kier molecular flexibility index (Phi) is 5.03. The number of methoxy groups -OCH3 is 2. The summed E-state index contributed by atoms with van der Waals surface area (Å²) < 4.78 is 10.4. The van der Waals surface area contributed by atoms with Crippen LogP contribution in [0.4, 0.5) is 9.93 Å². The number of ether oxygens (including phenoxy) is 2. The van der Waals surface area contributed by atoms with Crippen LogP contribution in [-0.4, -0.2) is 44.2 Å². The first-order valence-electron chi connectivity index (χ1n) is 7.62. The number of benzene rings is 1. The van der Waals surface area contributed by atoms with Crippen LogP contribution in [0.5, 0.6) is 11.5 Å². The van der Waals surface area contributed by atoms with Gasteiger partial charge < -0.3 is 20.1 Å². The summed E-state index contributed by atoms with van der Waals surface area (Å²) in [5.74, 6) is 0.938. The Morgan fingerprint density at radius 1 is 1.36 bits per heavy atom. The van der Waals surface area contributed by atoms with E-state index >= 15 is 0 Å². The van der Waals surface area contributed by atoms with Crippen molar-refractivity contribution >= 4 is 28.4 Å². The summed E-state index contributed by atoms with van der Waals surface area (Å²) in [6, 6.07) is 5.25. The summed E-state index contributed by atoms with van der Waals surface area (Å²) in [4.78, 5) is 29.7. The second-order valence-electron chi connectivity index (χ2n) is 5.27. The number of urea groups is 1. The van der Waals surface area contributed by atoms with E-state index in [4.69, 9.17) is 9.47 Å². The van der Waals surface area contributed by atoms with Gasteiger partial charge in [-0.1, -0.05) is 6.07 Å². The van der Waals surface area contributed by atoms with Crippen LogP contribution >= 0.6 is 11.3 Å². The molecule has 1 aliphatic heterocycles. The summed E-state index contributed by atoms with van der Waals surface area (Å²) in [5.41, 5.74) is 1.17. The molecule has 132 valence electrons. The van der Waals surface area contributed by atoms with Gasteiger partial charge in [-0.2, -0.15) is 0 Å². The first kappa shape index (κ1) is 17.0. The maximum atomic E-state index is 12.3. The number of anilines is 1. The minimum atomic E-state index is -0.295. The monoisotopic (exact) mass is 362 g/mol. The molecule has 25 heavy (non-hydrogen) atoms. The highest BCUT2D eigenvalue weighted by Gasteiger charge is 2.24. The van der Waals surface area contributed by atoms with E-state index < -0.39 is 0 Å². The highest BCUT2D eigenvalue weighted by molar-refractivity contribution is 7.14. The van der Waals surface area contributed by atoms with Crippen LogP contribution in [0.1, 0.15) is 16.1 Å². The Morgan fingerprint density at radius 2 is 2.16 bits per heavy atom. The van der Waals surface area contributed by atoms with Crippen molar-refractivity contribution in [3.8, 4) is 11.5 Å². The molecule has 8 nitrogen and oxygen atoms in total. The molecule has 1 aromatic heterocycles. The lowest BCUT2D eigenvalue weighted by Crippen LogP contribution is -2.28. The fourth-order valence-electron chi connectivity index (χ4n) is 2.41. The zero-order valence-electron chi connectivity index (χ0n) is 13.9. The molecule has 0 unspecified atom stereocenters. The number of carbonyl (C=O) groups is 2. The molecule has 2 aromatic rings. The van der Waals surface area contributed by atoms with Gasteiger partial charge in [0.25, 0.3) is 5.91 Å². The number of carbonyl (C=O) groups excluding carboxylic acids is 2. The molecule has 3 rings (SSSR count). The molecule has 1 fully saturated rings. The van der Waals surface area contributed by atoms with Crippen molar-refractivity contribution in [3.63, 3.8) is 0 Å². The summed E-state index contributed by atoms with van der Waals surface area (Å²) in [6.07, 6.45) is 0. The van der Waals surface area contributed by atoms with E-state index in [2.05, 4.69) is 15.6 Å². The molecule has 1 saturated heterocycles. The van der Waals surface area contributed by atoms with E-state index in [1.54, 1.807) is 31.7 Å². The van der Waals surface area contributed by atoms with Gasteiger partial charge in [0, 0.05) is 25.0 Å². The number of nitrogens with one attached hydrogen (secondary N) is 2. The second-order valence-corrected chi connectivity index (χ2v) is 6.11. The number of aromatic nitrogens is 1. The third-order valence-electron chi connectivity index (χ3n) is 3.71. The lowest BCUT2D eigenvalue weighted by Gasteiger charge is -2.10. The van der Waals surface area contributed by atoms with Crippen molar-refractivity contribution in [2.75, 3.05) is 32.2 Å². The maximum absolute atomic E-state index is 12.3. The minimum absolute atomic E-state index is 0.188. The fourth-order valence-corrected chi connectivity index (χ4v) is 3.24. The quantitative estimate of drug-likeness (QED) is 0.815. The van der Waals surface area contributed by atoms with Crippen molar-refractivity contribution in [1.29, 1.82) is 0 Å². The molecule has 0 bridgehead atoms. The Bertz CT molecular complexity index is 792. The molecule has 0 spiro atoms. The standard InChI is InChI=1S/C16H18N4O4S/c1-23-12-4-3-10(7-13(12)24-2)8-18-14(21)11-9-25-16(19-11)20-6-5-17-15(20)22/h3-4,7,9H,5-6,8H2,1-2H3,(H,17,22)(H,18,21). The molecule has 9 heteroatoms. The van der Waals surface area contributed by atoms with Crippen LogP contribution in [-0.2, 0) is 6.54 Å². The predicted molar refractivity (Wildman–Crippen MR) is 93.6 cm³/mol. The fraction of sp³-hybridized carbons (Fsp3) is 0.312. The molecule has 0 atom stereocenters. The zero-order chi connectivity index (χ0) is 17.8. The molecule has 1 aliphatic rings. The van der Waals surface area contributed by atoms with Gasteiger partial charge in [-0.05, 0) is 17.7 Å². The van der Waals surface area contributed by atoms with Crippen LogP contribution in [0.15, 0.2) is 23.6 Å². The van der Waals surface area contributed by atoms with Crippen LogP contribution < -0.4 is 25.0 Å². The van der Waals surface area contributed by atoms with E-state index in [-0.39, 0.29) is 11.9 Å². The van der Waals surface area contributed by atoms with Gasteiger partial charge in [-0.15, -0.1) is 11.3 Å². The number of hydrogen-bond acceptors (Lipinski definition) is 6. The smallest absolute Gasteiger partial charge is 0.323 e. The molecular weight excluding hydrogens is 344 g/mol. The zero-order valence-corrected chi connectivity index (χ0v) is 14.7. The van der Waals surface area contributed by atoms with Crippen LogP contribution in [0.2, 0.25) is 0 Å². The van der Waals surface area contributed by atoms with Crippen LogP contribution in [0.3, 0.4) is 0 Å². The van der Waals surface area contributed by atoms with E-state index in [0.717, 1.165) is 5.56 Å². The van der Waals surface area contributed by atoms with Gasteiger partial charge in [0.1, 0.15) is 5.69 Å². The third kappa shape index (κ3) is 3.66. The summed E-state index contributed by atoms with van der Waals surface area (Å²) in [5, 5.41) is 7.68. The number of thiazole rings is 1. The minimum Gasteiger partial charge on any atom is -0.493 e. The van der Waals surface area contributed by atoms with Crippen molar-refractivity contribution in [3.05, 3.63) is 34.8 Å². The number of amides is 3. The van der Waals surface area contributed by atoms with E-state index in [1.165, 1.54) is 16.2 Å². The van der Waals surface area contributed by atoms with Crippen LogP contribution in [0, 0.1) is 0 Å². The van der Waals surface area contributed by atoms with Crippen molar-refractivity contribution in [2.24, 2.45) is 0 Å². The average Bonchev–Trinajstić information content (AvgIpc) is 3.28. The lowest BCUT2D eigenvalue weighted by atomic mass is 10.2. The molecular formula is C16H18N4O4S. The number of hydrogen-bond donors (Lipinski definition) is 2. The summed E-state index contributed by atoms with van der Waals surface area (Å²) in [6.45, 7) is 1.47. The molecule has 2 heterocycles. The maximum Gasteiger partial charge on any atom is 0.323 e. The topological polar surface area (TPSA) is 92.8 Å². The summed E-state index contributed by atoms with van der Waals surface area (Å²) >= 11 is 1.27. The van der Waals surface area contributed by atoms with Gasteiger partial charge in [-0.3, -0.25) is 9.69 Å². The molecule has 2 N–H and O–H groups in total. The van der Waals surface area contributed by atoms with E-state index in [9.17, 15) is 9.59 Å². The van der Waals surface area contributed by atoms with Gasteiger partial charge in [0.15, 0.2) is 16.6 Å². The highest BCUT2D eigenvalue weighted by atomic mass is 32.1. The highest BCUT2D eigenvalue weighted by Crippen LogP contribution is 2.27. The Hall–Kier alpha value is -2.81. The lowest BCUT2D eigenvalue weighted by molar-refractivity contribution is 0.0946. The SMILES string of the molecule is COc1ccc(CNC(=O)c2csc(N3CCNC3=O)n2)cc1OC. The molecule has 0 aliphatic carbocycles.